The van der Waals surface area contributed by atoms with Gasteiger partial charge in [-0.2, -0.15) is 5.10 Å². The number of nitrogens with two attached hydrogens (primary N) is 1. The van der Waals surface area contributed by atoms with Gasteiger partial charge in [0.1, 0.15) is 5.84 Å². The largest absolute Gasteiger partial charge is 0.382 e. The number of amidine groups is 1. The summed E-state index contributed by atoms with van der Waals surface area (Å²) in [6, 6.07) is 0. The summed E-state index contributed by atoms with van der Waals surface area (Å²) in [6.45, 7) is 0.792. The third-order valence-electron chi connectivity index (χ3n) is 0.706. The average Bonchev–Trinajstić information content (AvgIpc) is 1.69. The third kappa shape index (κ3) is 0.924. The molecular formula is C4H7N3. The molecule has 7 heavy (non-hydrogen) atoms. The van der Waals surface area contributed by atoms with Crippen LogP contribution in [0.25, 0.3) is 0 Å². The molecule has 0 saturated carbocycles. The van der Waals surface area contributed by atoms with Gasteiger partial charge in [-0.1, -0.05) is 6.08 Å². The van der Waals surface area contributed by atoms with Gasteiger partial charge in [-0.3, -0.25) is 0 Å². The Hall–Kier alpha value is -0.990. The average molecular weight is 97.1 g/mol. The smallest absolute Gasteiger partial charge is 0.142 e. The Labute approximate surface area is 41.9 Å². The van der Waals surface area contributed by atoms with E-state index in [-0.39, 0.29) is 0 Å². The Kier molecular flexibility index (Phi) is 0.978. The lowest BCUT2D eigenvalue weighted by atomic mass is 10.4. The molecule has 0 atom stereocenters. The molecule has 0 aliphatic carbocycles. The van der Waals surface area contributed by atoms with Crippen LogP contribution in [0.3, 0.4) is 0 Å². The number of hydrogen-bond acceptors (Lipinski definition) is 3. The summed E-state index contributed by atoms with van der Waals surface area (Å²) in [6.07, 6.45) is 3.69. The molecule has 0 spiro atoms. The Morgan fingerprint density at radius 2 is 2.71 bits per heavy atom. The highest BCUT2D eigenvalue weighted by molar-refractivity contribution is 5.91. The second-order valence-corrected chi connectivity index (χ2v) is 1.30. The van der Waals surface area contributed by atoms with E-state index in [1.807, 2.05) is 6.08 Å². The Morgan fingerprint density at radius 3 is 3.00 bits per heavy atom. The van der Waals surface area contributed by atoms with Crippen LogP contribution in [0.2, 0.25) is 0 Å². The molecule has 3 heteroatoms. The number of nitrogens with zero attached hydrogens (tertiary/aromatic N) is 1. The molecule has 0 radical (unpaired) electrons. The van der Waals surface area contributed by atoms with Crippen LogP contribution in [-0.2, 0) is 0 Å². The van der Waals surface area contributed by atoms with Crippen LogP contribution in [0.5, 0.6) is 0 Å². The van der Waals surface area contributed by atoms with Gasteiger partial charge in [0.2, 0.25) is 0 Å². The van der Waals surface area contributed by atoms with Crippen molar-refractivity contribution in [2.24, 2.45) is 10.8 Å². The number of hydrazone groups is 1. The van der Waals surface area contributed by atoms with Gasteiger partial charge in [-0.15, -0.1) is 0 Å². The summed E-state index contributed by atoms with van der Waals surface area (Å²) in [4.78, 5) is 0. The van der Waals surface area contributed by atoms with Crippen LogP contribution in [0.1, 0.15) is 0 Å². The van der Waals surface area contributed by atoms with Crippen molar-refractivity contribution in [3.05, 3.63) is 12.2 Å². The molecule has 0 aromatic carbocycles. The minimum Gasteiger partial charge on any atom is -0.382 e. The standard InChI is InChI=1S/C4H7N3/c5-4-2-1-3-6-7-4/h1-2,6H,3H2,(H2,5,7). The summed E-state index contributed by atoms with van der Waals surface area (Å²) < 4.78 is 0. The lowest BCUT2D eigenvalue weighted by molar-refractivity contribution is 0.814. The highest BCUT2D eigenvalue weighted by Crippen LogP contribution is 1.77. The molecule has 0 amide bonds. The van der Waals surface area contributed by atoms with E-state index in [1.165, 1.54) is 0 Å². The van der Waals surface area contributed by atoms with Gasteiger partial charge in [0.15, 0.2) is 0 Å². The van der Waals surface area contributed by atoms with Crippen LogP contribution in [-0.4, -0.2) is 12.4 Å². The van der Waals surface area contributed by atoms with Gasteiger partial charge in [0.25, 0.3) is 0 Å². The van der Waals surface area contributed by atoms with Crippen LogP contribution >= 0.6 is 0 Å². The van der Waals surface area contributed by atoms with Gasteiger partial charge >= 0.3 is 0 Å². The molecule has 38 valence electrons. The van der Waals surface area contributed by atoms with Gasteiger partial charge in [0, 0.05) is 0 Å². The van der Waals surface area contributed by atoms with Crippen LogP contribution < -0.4 is 11.2 Å². The fraction of sp³-hybridized carbons (Fsp3) is 0.250. The molecule has 0 aromatic heterocycles. The normalized spacial score (nSPS) is 18.0. The second kappa shape index (κ2) is 1.64. The van der Waals surface area contributed by atoms with Crippen molar-refractivity contribution in [1.29, 1.82) is 0 Å². The van der Waals surface area contributed by atoms with Crippen molar-refractivity contribution >= 4 is 5.84 Å². The van der Waals surface area contributed by atoms with Gasteiger partial charge in [0.05, 0.1) is 6.54 Å². The highest BCUT2D eigenvalue weighted by Gasteiger charge is 1.86. The fourth-order valence-corrected chi connectivity index (χ4v) is 0.407. The van der Waals surface area contributed by atoms with E-state index in [0.717, 1.165) is 6.54 Å². The maximum Gasteiger partial charge on any atom is 0.142 e. The van der Waals surface area contributed by atoms with Crippen LogP contribution in [0.15, 0.2) is 17.3 Å². The first-order chi connectivity index (χ1) is 3.39. The number of rotatable bonds is 0. The fourth-order valence-electron chi connectivity index (χ4n) is 0.407. The molecule has 1 rings (SSSR count). The molecule has 3 N–H and O–H groups in total. The van der Waals surface area contributed by atoms with Crippen molar-refractivity contribution in [1.82, 2.24) is 5.43 Å². The van der Waals surface area contributed by atoms with Crippen molar-refractivity contribution < 1.29 is 0 Å². The van der Waals surface area contributed by atoms with E-state index >= 15 is 0 Å². The Morgan fingerprint density at radius 1 is 1.86 bits per heavy atom. The Bertz CT molecular complexity index is 114. The van der Waals surface area contributed by atoms with Gasteiger partial charge < -0.3 is 11.2 Å². The maximum absolute atomic E-state index is 5.24. The zero-order valence-corrected chi connectivity index (χ0v) is 3.89. The molecule has 0 bridgehead atoms. The highest BCUT2D eigenvalue weighted by atomic mass is 15.3. The predicted octanol–water partition coefficient (Wildman–Crippen LogP) is -0.582. The van der Waals surface area contributed by atoms with E-state index in [9.17, 15) is 0 Å². The lowest BCUT2D eigenvalue weighted by Crippen LogP contribution is -2.19. The molecule has 0 fully saturated rings. The van der Waals surface area contributed by atoms with Crippen LogP contribution in [0, 0.1) is 0 Å². The lowest BCUT2D eigenvalue weighted by Gasteiger charge is -1.99. The number of hydrogen-bond donors (Lipinski definition) is 2. The Balaban J connectivity index is 2.58. The van der Waals surface area contributed by atoms with E-state index in [1.54, 1.807) is 6.08 Å². The molecule has 1 aliphatic heterocycles. The first-order valence-electron chi connectivity index (χ1n) is 2.12. The van der Waals surface area contributed by atoms with Crippen molar-refractivity contribution in [3.8, 4) is 0 Å². The zero-order chi connectivity index (χ0) is 5.11. The summed E-state index contributed by atoms with van der Waals surface area (Å²) in [5, 5.41) is 3.69. The minimum atomic E-state index is 0.547. The predicted molar refractivity (Wildman–Crippen MR) is 28.8 cm³/mol. The van der Waals surface area contributed by atoms with E-state index in [4.69, 9.17) is 5.73 Å². The molecule has 0 aromatic rings. The maximum atomic E-state index is 5.24. The van der Waals surface area contributed by atoms with Crippen molar-refractivity contribution in [3.63, 3.8) is 0 Å². The molecule has 3 nitrogen and oxygen atoms in total. The molecule has 0 unspecified atom stereocenters. The van der Waals surface area contributed by atoms with E-state index in [2.05, 4.69) is 10.5 Å². The monoisotopic (exact) mass is 97.1 g/mol. The zero-order valence-electron chi connectivity index (χ0n) is 3.89. The third-order valence-corrected chi connectivity index (χ3v) is 0.706. The quantitative estimate of drug-likeness (QED) is 0.425. The topological polar surface area (TPSA) is 50.4 Å². The van der Waals surface area contributed by atoms with E-state index in [0.29, 0.717) is 5.84 Å². The summed E-state index contributed by atoms with van der Waals surface area (Å²) >= 11 is 0. The number of nitrogens with one attached hydrogen (secondary N) is 1. The van der Waals surface area contributed by atoms with E-state index < -0.39 is 0 Å². The summed E-state index contributed by atoms with van der Waals surface area (Å²) in [7, 11) is 0. The summed E-state index contributed by atoms with van der Waals surface area (Å²) in [5.41, 5.74) is 7.95. The van der Waals surface area contributed by atoms with Gasteiger partial charge in [-0.25, -0.2) is 0 Å². The molecule has 0 saturated heterocycles. The molecule has 1 aliphatic rings. The second-order valence-electron chi connectivity index (χ2n) is 1.30. The summed E-state index contributed by atoms with van der Waals surface area (Å²) in [5.74, 6) is 0.547. The van der Waals surface area contributed by atoms with Crippen molar-refractivity contribution in [2.75, 3.05) is 6.54 Å². The first kappa shape index (κ1) is 4.18. The van der Waals surface area contributed by atoms with Crippen LogP contribution in [0.4, 0.5) is 0 Å². The first-order valence-corrected chi connectivity index (χ1v) is 2.12. The van der Waals surface area contributed by atoms with Crippen molar-refractivity contribution in [2.45, 2.75) is 0 Å². The SMILES string of the molecule is NC1=NNCC=C1. The molecule has 1 heterocycles. The minimum absolute atomic E-state index is 0.547. The van der Waals surface area contributed by atoms with Gasteiger partial charge in [-0.05, 0) is 6.08 Å². The molecular weight excluding hydrogens is 90.1 g/mol.